The predicted octanol–water partition coefficient (Wildman–Crippen LogP) is 2.35. The van der Waals surface area contributed by atoms with Gasteiger partial charge in [0.2, 0.25) is 5.12 Å². The van der Waals surface area contributed by atoms with E-state index in [1.165, 1.54) is 0 Å². The van der Waals surface area contributed by atoms with Crippen molar-refractivity contribution in [2.75, 3.05) is 0 Å². The van der Waals surface area contributed by atoms with E-state index in [0.717, 1.165) is 12.1 Å². The van der Waals surface area contributed by atoms with Gasteiger partial charge in [-0.2, -0.15) is 0 Å². The molecule has 3 heteroatoms. The standard InChI is InChI=1S/C10H13NOS/c1-7(2)6-9-8(10(12)13)4-3-5-11-9/h3-5,7H,6H2,1-2H3,(H,12,13). The van der Waals surface area contributed by atoms with Crippen molar-refractivity contribution in [3.8, 4) is 0 Å². The SMILES string of the molecule is CC(C)Cc1ncccc1C(=O)S. The normalized spacial score (nSPS) is 10.5. The van der Waals surface area contributed by atoms with Crippen molar-refractivity contribution in [2.24, 2.45) is 5.92 Å². The average molecular weight is 195 g/mol. The highest BCUT2D eigenvalue weighted by Gasteiger charge is 2.09. The number of rotatable bonds is 3. The van der Waals surface area contributed by atoms with E-state index in [2.05, 4.69) is 31.5 Å². The summed E-state index contributed by atoms with van der Waals surface area (Å²) in [5.41, 5.74) is 1.47. The van der Waals surface area contributed by atoms with Crippen LogP contribution in [0.15, 0.2) is 18.3 Å². The van der Waals surface area contributed by atoms with Crippen LogP contribution in [0, 0.1) is 5.92 Å². The maximum absolute atomic E-state index is 11.1. The molecule has 2 nitrogen and oxygen atoms in total. The fourth-order valence-electron chi connectivity index (χ4n) is 1.18. The Bertz CT molecular complexity index is 310. The Morgan fingerprint density at radius 3 is 2.85 bits per heavy atom. The summed E-state index contributed by atoms with van der Waals surface area (Å²) >= 11 is 3.80. The summed E-state index contributed by atoms with van der Waals surface area (Å²) < 4.78 is 0. The first-order valence-corrected chi connectivity index (χ1v) is 4.73. The fraction of sp³-hybridized carbons (Fsp3) is 0.400. The van der Waals surface area contributed by atoms with Gasteiger partial charge in [0.1, 0.15) is 0 Å². The van der Waals surface area contributed by atoms with Gasteiger partial charge >= 0.3 is 0 Å². The lowest BCUT2D eigenvalue weighted by Gasteiger charge is -2.06. The van der Waals surface area contributed by atoms with Crippen LogP contribution in [0.25, 0.3) is 0 Å². The molecule has 0 saturated heterocycles. The quantitative estimate of drug-likeness (QED) is 0.750. The summed E-state index contributed by atoms with van der Waals surface area (Å²) in [5.74, 6) is 0.501. The molecule has 0 spiro atoms. The van der Waals surface area contributed by atoms with Crippen LogP contribution in [0.3, 0.4) is 0 Å². The van der Waals surface area contributed by atoms with Crippen LogP contribution in [-0.2, 0) is 6.42 Å². The molecular weight excluding hydrogens is 182 g/mol. The Labute approximate surface area is 83.8 Å². The van der Waals surface area contributed by atoms with Crippen molar-refractivity contribution >= 4 is 17.7 Å². The molecular formula is C10H13NOS. The van der Waals surface area contributed by atoms with Gasteiger partial charge < -0.3 is 0 Å². The number of hydrogen-bond acceptors (Lipinski definition) is 2. The lowest BCUT2D eigenvalue weighted by molar-refractivity contribution is 0.109. The molecule has 0 aliphatic heterocycles. The molecule has 0 amide bonds. The molecule has 0 aliphatic rings. The molecule has 0 unspecified atom stereocenters. The average Bonchev–Trinajstić information content (AvgIpc) is 2.03. The van der Waals surface area contributed by atoms with Gasteiger partial charge in [0, 0.05) is 11.8 Å². The molecule has 70 valence electrons. The number of carbonyl (C=O) groups is 1. The van der Waals surface area contributed by atoms with E-state index < -0.39 is 0 Å². The first-order valence-electron chi connectivity index (χ1n) is 4.28. The minimum Gasteiger partial charge on any atom is -0.282 e. The minimum absolute atomic E-state index is 0.205. The van der Waals surface area contributed by atoms with Crippen LogP contribution >= 0.6 is 12.6 Å². The first kappa shape index (κ1) is 10.3. The number of carbonyl (C=O) groups excluding carboxylic acids is 1. The number of thiol groups is 1. The van der Waals surface area contributed by atoms with Gasteiger partial charge in [0.05, 0.1) is 5.69 Å². The minimum atomic E-state index is -0.205. The van der Waals surface area contributed by atoms with Crippen LogP contribution in [0.4, 0.5) is 0 Å². The highest BCUT2D eigenvalue weighted by atomic mass is 32.1. The van der Waals surface area contributed by atoms with Gasteiger partial charge in [-0.05, 0) is 24.5 Å². The molecule has 13 heavy (non-hydrogen) atoms. The summed E-state index contributed by atoms with van der Waals surface area (Å²) in [7, 11) is 0. The molecule has 0 N–H and O–H groups in total. The molecule has 1 heterocycles. The van der Waals surface area contributed by atoms with E-state index in [9.17, 15) is 4.79 Å². The summed E-state index contributed by atoms with van der Waals surface area (Å²) in [6, 6.07) is 3.52. The van der Waals surface area contributed by atoms with E-state index in [-0.39, 0.29) is 5.12 Å². The number of pyridine rings is 1. The fourth-order valence-corrected chi connectivity index (χ4v) is 1.39. The summed E-state index contributed by atoms with van der Waals surface area (Å²) in [4.78, 5) is 15.2. The molecule has 0 radical (unpaired) electrons. The zero-order valence-corrected chi connectivity index (χ0v) is 8.71. The summed E-state index contributed by atoms with van der Waals surface area (Å²) in [6.45, 7) is 4.20. The van der Waals surface area contributed by atoms with E-state index in [1.54, 1.807) is 18.3 Å². The highest BCUT2D eigenvalue weighted by molar-refractivity contribution is 7.97. The third-order valence-corrected chi connectivity index (χ3v) is 1.96. The van der Waals surface area contributed by atoms with Crippen molar-refractivity contribution in [3.63, 3.8) is 0 Å². The van der Waals surface area contributed by atoms with Crippen LogP contribution in [0.5, 0.6) is 0 Å². The molecule has 0 atom stereocenters. The topological polar surface area (TPSA) is 30.0 Å². The summed E-state index contributed by atoms with van der Waals surface area (Å²) in [5, 5.41) is -0.205. The lowest BCUT2D eigenvalue weighted by Crippen LogP contribution is -2.04. The van der Waals surface area contributed by atoms with Gasteiger partial charge in [0.15, 0.2) is 0 Å². The van der Waals surface area contributed by atoms with Crippen molar-refractivity contribution in [3.05, 3.63) is 29.6 Å². The molecule has 0 saturated carbocycles. The second kappa shape index (κ2) is 4.42. The van der Waals surface area contributed by atoms with Crippen molar-refractivity contribution < 1.29 is 4.79 Å². The number of aromatic nitrogens is 1. The second-order valence-corrected chi connectivity index (χ2v) is 3.81. The lowest BCUT2D eigenvalue weighted by atomic mass is 10.0. The van der Waals surface area contributed by atoms with Gasteiger partial charge in [0.25, 0.3) is 0 Å². The second-order valence-electron chi connectivity index (χ2n) is 3.40. The van der Waals surface area contributed by atoms with Crippen LogP contribution < -0.4 is 0 Å². The molecule has 0 fully saturated rings. The Kier molecular flexibility index (Phi) is 3.48. The van der Waals surface area contributed by atoms with E-state index in [4.69, 9.17) is 0 Å². The third-order valence-electron chi connectivity index (χ3n) is 1.72. The Hall–Kier alpha value is -0.830. The zero-order valence-electron chi connectivity index (χ0n) is 7.82. The van der Waals surface area contributed by atoms with Crippen molar-refractivity contribution in [1.29, 1.82) is 0 Å². The van der Waals surface area contributed by atoms with Crippen LogP contribution in [0.1, 0.15) is 29.9 Å². The van der Waals surface area contributed by atoms with Gasteiger partial charge in [-0.1, -0.05) is 13.8 Å². The Morgan fingerprint density at radius 1 is 1.62 bits per heavy atom. The monoisotopic (exact) mass is 195 g/mol. The maximum Gasteiger partial charge on any atom is 0.218 e. The van der Waals surface area contributed by atoms with E-state index in [0.29, 0.717) is 11.5 Å². The van der Waals surface area contributed by atoms with Gasteiger partial charge in [-0.15, -0.1) is 12.6 Å². The molecule has 1 rings (SSSR count). The van der Waals surface area contributed by atoms with E-state index >= 15 is 0 Å². The van der Waals surface area contributed by atoms with Crippen LogP contribution in [-0.4, -0.2) is 10.1 Å². The number of hydrogen-bond donors (Lipinski definition) is 1. The molecule has 0 bridgehead atoms. The molecule has 1 aromatic heterocycles. The van der Waals surface area contributed by atoms with Crippen LogP contribution in [0.2, 0.25) is 0 Å². The van der Waals surface area contributed by atoms with Gasteiger partial charge in [-0.25, -0.2) is 0 Å². The highest BCUT2D eigenvalue weighted by Crippen LogP contribution is 2.12. The molecule has 0 aromatic carbocycles. The smallest absolute Gasteiger partial charge is 0.218 e. The zero-order chi connectivity index (χ0) is 9.84. The Morgan fingerprint density at radius 2 is 2.31 bits per heavy atom. The van der Waals surface area contributed by atoms with Gasteiger partial charge in [-0.3, -0.25) is 9.78 Å². The van der Waals surface area contributed by atoms with E-state index in [1.807, 2.05) is 0 Å². The largest absolute Gasteiger partial charge is 0.282 e. The first-order chi connectivity index (χ1) is 6.11. The number of nitrogens with zero attached hydrogens (tertiary/aromatic N) is 1. The third kappa shape index (κ3) is 2.84. The maximum atomic E-state index is 11.1. The Balaban J connectivity index is 2.98. The molecule has 1 aromatic rings. The van der Waals surface area contributed by atoms with Crippen molar-refractivity contribution in [1.82, 2.24) is 4.98 Å². The summed E-state index contributed by atoms with van der Waals surface area (Å²) in [6.07, 6.45) is 2.53. The predicted molar refractivity (Wildman–Crippen MR) is 56.1 cm³/mol. The molecule has 0 aliphatic carbocycles. The van der Waals surface area contributed by atoms with Crippen molar-refractivity contribution in [2.45, 2.75) is 20.3 Å².